The van der Waals surface area contributed by atoms with E-state index in [2.05, 4.69) is 4.98 Å². The van der Waals surface area contributed by atoms with Gasteiger partial charge in [-0.3, -0.25) is 9.59 Å². The van der Waals surface area contributed by atoms with Crippen LogP contribution in [0.15, 0.2) is 48.7 Å². The lowest BCUT2D eigenvalue weighted by atomic mass is 9.89. The van der Waals surface area contributed by atoms with Crippen molar-refractivity contribution in [3.05, 3.63) is 59.8 Å². The third-order valence-corrected chi connectivity index (χ3v) is 4.35. The van der Waals surface area contributed by atoms with Crippen LogP contribution in [0.4, 0.5) is 0 Å². The maximum absolute atomic E-state index is 12.8. The molecule has 2 atom stereocenters. The first-order valence-corrected chi connectivity index (χ1v) is 7.68. The summed E-state index contributed by atoms with van der Waals surface area (Å²) in [6, 6.07) is 12.7. The zero-order valence-electron chi connectivity index (χ0n) is 13.3. The minimum absolute atomic E-state index is 0.172. The van der Waals surface area contributed by atoms with Crippen molar-refractivity contribution in [1.82, 2.24) is 9.88 Å². The zero-order chi connectivity index (χ0) is 17.1. The molecule has 1 fully saturated rings. The molecule has 2 aromatic rings. The standard InChI is InChI=1S/C18H18N2O4/c1-24-16-13(8-5-9-19-16)17(21)20-10-14(15(11-20)18(22)23)12-6-3-2-4-7-12/h2-9,14-15H,10-11H2,1H3,(H,22,23)/t14-,15-/m0/s1. The molecule has 1 aromatic carbocycles. The molecule has 1 N–H and O–H groups in total. The summed E-state index contributed by atoms with van der Waals surface area (Å²) in [5, 5.41) is 9.54. The first-order valence-electron chi connectivity index (χ1n) is 7.68. The van der Waals surface area contributed by atoms with E-state index in [0.29, 0.717) is 12.1 Å². The topological polar surface area (TPSA) is 79.7 Å². The van der Waals surface area contributed by atoms with Gasteiger partial charge < -0.3 is 14.7 Å². The Hall–Kier alpha value is -2.89. The van der Waals surface area contributed by atoms with Crippen LogP contribution >= 0.6 is 0 Å². The third-order valence-electron chi connectivity index (χ3n) is 4.35. The molecular formula is C18H18N2O4. The number of carboxylic acid groups (broad SMARTS) is 1. The second-order valence-electron chi connectivity index (χ2n) is 5.73. The van der Waals surface area contributed by atoms with Crippen molar-refractivity contribution < 1.29 is 19.4 Å². The van der Waals surface area contributed by atoms with E-state index in [9.17, 15) is 14.7 Å². The number of carboxylic acids is 1. The molecule has 1 aromatic heterocycles. The van der Waals surface area contributed by atoms with E-state index >= 15 is 0 Å². The molecule has 3 rings (SSSR count). The molecule has 24 heavy (non-hydrogen) atoms. The van der Waals surface area contributed by atoms with Crippen molar-refractivity contribution in [3.8, 4) is 5.88 Å². The molecule has 0 spiro atoms. The normalized spacial score (nSPS) is 20.0. The Bertz CT molecular complexity index is 748. The number of amides is 1. The lowest BCUT2D eigenvalue weighted by Crippen LogP contribution is -2.30. The largest absolute Gasteiger partial charge is 0.481 e. The molecule has 0 aliphatic carbocycles. The molecule has 124 valence electrons. The average Bonchev–Trinajstić information content (AvgIpc) is 3.07. The van der Waals surface area contributed by atoms with Gasteiger partial charge in [0.25, 0.3) is 5.91 Å². The van der Waals surface area contributed by atoms with Crippen LogP contribution in [0.1, 0.15) is 21.8 Å². The van der Waals surface area contributed by atoms with Crippen LogP contribution in [0, 0.1) is 5.92 Å². The summed E-state index contributed by atoms with van der Waals surface area (Å²) in [5.74, 6) is -1.76. The highest BCUT2D eigenvalue weighted by Crippen LogP contribution is 2.34. The number of ether oxygens (including phenoxy) is 1. The van der Waals surface area contributed by atoms with Crippen molar-refractivity contribution in [2.75, 3.05) is 20.2 Å². The summed E-state index contributed by atoms with van der Waals surface area (Å²) in [6.45, 7) is 0.531. The number of rotatable bonds is 4. The van der Waals surface area contributed by atoms with E-state index in [1.54, 1.807) is 23.2 Å². The van der Waals surface area contributed by atoms with Gasteiger partial charge in [-0.1, -0.05) is 30.3 Å². The number of carbonyl (C=O) groups is 2. The van der Waals surface area contributed by atoms with Crippen LogP contribution in [0.2, 0.25) is 0 Å². The van der Waals surface area contributed by atoms with Crippen molar-refractivity contribution in [2.45, 2.75) is 5.92 Å². The van der Waals surface area contributed by atoms with E-state index in [4.69, 9.17) is 4.74 Å². The SMILES string of the molecule is COc1ncccc1C(=O)N1C[C@H](C(=O)O)[C@H](c2ccccc2)C1. The fraction of sp³-hybridized carbons (Fsp3) is 0.278. The van der Waals surface area contributed by atoms with Crippen molar-refractivity contribution >= 4 is 11.9 Å². The lowest BCUT2D eigenvalue weighted by molar-refractivity contribution is -0.141. The molecule has 1 aliphatic rings. The molecule has 1 saturated heterocycles. The van der Waals surface area contributed by atoms with Gasteiger partial charge in [0.1, 0.15) is 5.56 Å². The molecule has 0 saturated carbocycles. The van der Waals surface area contributed by atoms with Gasteiger partial charge in [0.05, 0.1) is 13.0 Å². The quantitative estimate of drug-likeness (QED) is 0.930. The first-order chi connectivity index (χ1) is 11.6. The van der Waals surface area contributed by atoms with Gasteiger partial charge in [0.15, 0.2) is 0 Å². The Kier molecular flexibility index (Phi) is 4.46. The van der Waals surface area contributed by atoms with E-state index in [-0.39, 0.29) is 24.2 Å². The second-order valence-corrected chi connectivity index (χ2v) is 5.73. The van der Waals surface area contributed by atoms with E-state index in [1.807, 2.05) is 30.3 Å². The molecule has 6 nitrogen and oxygen atoms in total. The molecular weight excluding hydrogens is 308 g/mol. The summed E-state index contributed by atoms with van der Waals surface area (Å²) >= 11 is 0. The number of methoxy groups -OCH3 is 1. The molecule has 0 bridgehead atoms. The van der Waals surface area contributed by atoms with Gasteiger partial charge >= 0.3 is 5.97 Å². The van der Waals surface area contributed by atoms with Gasteiger partial charge in [-0.15, -0.1) is 0 Å². The number of likely N-dealkylation sites (tertiary alicyclic amines) is 1. The van der Waals surface area contributed by atoms with Crippen LogP contribution in [0.3, 0.4) is 0 Å². The summed E-state index contributed by atoms with van der Waals surface area (Å²) in [7, 11) is 1.45. The molecule has 1 amide bonds. The highest BCUT2D eigenvalue weighted by molar-refractivity contribution is 5.97. The van der Waals surface area contributed by atoms with Crippen LogP contribution < -0.4 is 4.74 Å². The Morgan fingerprint density at radius 2 is 1.92 bits per heavy atom. The molecule has 1 aliphatic heterocycles. The number of hydrogen-bond donors (Lipinski definition) is 1. The van der Waals surface area contributed by atoms with Crippen molar-refractivity contribution in [1.29, 1.82) is 0 Å². The summed E-state index contributed by atoms with van der Waals surface area (Å²) in [5.41, 5.74) is 1.27. The highest BCUT2D eigenvalue weighted by Gasteiger charge is 2.41. The number of hydrogen-bond acceptors (Lipinski definition) is 4. The monoisotopic (exact) mass is 326 g/mol. The number of benzene rings is 1. The summed E-state index contributed by atoms with van der Waals surface area (Å²) in [6.07, 6.45) is 1.55. The van der Waals surface area contributed by atoms with Gasteiger partial charge in [-0.05, 0) is 17.7 Å². The van der Waals surface area contributed by atoms with Gasteiger partial charge in [-0.2, -0.15) is 0 Å². The number of aliphatic carboxylic acids is 1. The molecule has 0 unspecified atom stereocenters. The number of pyridine rings is 1. The second kappa shape index (κ2) is 6.70. The van der Waals surface area contributed by atoms with Crippen LogP contribution in [-0.2, 0) is 4.79 Å². The maximum atomic E-state index is 12.8. The Balaban J connectivity index is 1.88. The number of carbonyl (C=O) groups excluding carboxylic acids is 1. The van der Waals surface area contributed by atoms with Crippen LogP contribution in [0.25, 0.3) is 0 Å². The molecule has 0 radical (unpaired) electrons. The van der Waals surface area contributed by atoms with Gasteiger partial charge in [0.2, 0.25) is 5.88 Å². The lowest BCUT2D eigenvalue weighted by Gasteiger charge is -2.17. The Morgan fingerprint density at radius 3 is 2.58 bits per heavy atom. The van der Waals surface area contributed by atoms with Crippen LogP contribution in [-0.4, -0.2) is 47.1 Å². The Morgan fingerprint density at radius 1 is 1.17 bits per heavy atom. The zero-order valence-corrected chi connectivity index (χ0v) is 13.3. The minimum atomic E-state index is -0.891. The van der Waals surface area contributed by atoms with Gasteiger partial charge in [0, 0.05) is 25.2 Å². The predicted molar refractivity (Wildman–Crippen MR) is 87.0 cm³/mol. The Labute approximate surface area is 139 Å². The fourth-order valence-electron chi connectivity index (χ4n) is 3.14. The smallest absolute Gasteiger partial charge is 0.308 e. The predicted octanol–water partition coefficient (Wildman–Crippen LogP) is 2.03. The highest BCUT2D eigenvalue weighted by atomic mass is 16.5. The fourth-order valence-corrected chi connectivity index (χ4v) is 3.14. The minimum Gasteiger partial charge on any atom is -0.481 e. The van der Waals surface area contributed by atoms with E-state index in [1.165, 1.54) is 7.11 Å². The van der Waals surface area contributed by atoms with Gasteiger partial charge in [-0.25, -0.2) is 4.98 Å². The van der Waals surface area contributed by atoms with E-state index < -0.39 is 11.9 Å². The average molecular weight is 326 g/mol. The third kappa shape index (κ3) is 2.95. The summed E-state index contributed by atoms with van der Waals surface area (Å²) < 4.78 is 5.14. The first kappa shape index (κ1) is 16.0. The van der Waals surface area contributed by atoms with Crippen molar-refractivity contribution in [3.63, 3.8) is 0 Å². The number of nitrogens with zero attached hydrogens (tertiary/aromatic N) is 2. The molecule has 6 heteroatoms. The van der Waals surface area contributed by atoms with E-state index in [0.717, 1.165) is 5.56 Å². The summed E-state index contributed by atoms with van der Waals surface area (Å²) in [4.78, 5) is 30.0. The molecule has 2 heterocycles. The van der Waals surface area contributed by atoms with Crippen LogP contribution in [0.5, 0.6) is 5.88 Å². The number of aromatic nitrogens is 1. The van der Waals surface area contributed by atoms with Crippen molar-refractivity contribution in [2.24, 2.45) is 5.92 Å². The maximum Gasteiger partial charge on any atom is 0.308 e.